The van der Waals surface area contributed by atoms with Crippen LogP contribution in [0.3, 0.4) is 0 Å². The summed E-state index contributed by atoms with van der Waals surface area (Å²) in [6, 6.07) is 1.74. The Bertz CT molecular complexity index is 805. The lowest BCUT2D eigenvalue weighted by Crippen LogP contribution is -2.38. The third-order valence-electron chi connectivity index (χ3n) is 3.29. The fourth-order valence-electron chi connectivity index (χ4n) is 2.22. The highest BCUT2D eigenvalue weighted by Gasteiger charge is 2.36. The van der Waals surface area contributed by atoms with Gasteiger partial charge in [-0.15, -0.1) is 0 Å². The van der Waals surface area contributed by atoms with E-state index >= 15 is 0 Å². The molecule has 4 nitrogen and oxygen atoms in total. The van der Waals surface area contributed by atoms with E-state index in [0.29, 0.717) is 11.8 Å². The lowest BCUT2D eigenvalue weighted by Gasteiger charge is -2.20. The zero-order valence-corrected chi connectivity index (χ0v) is 15.7. The summed E-state index contributed by atoms with van der Waals surface area (Å²) in [5, 5.41) is -0.197. The van der Waals surface area contributed by atoms with Crippen LogP contribution in [0.1, 0.15) is 12.5 Å². The van der Waals surface area contributed by atoms with Crippen molar-refractivity contribution in [2.45, 2.75) is 30.8 Å². The van der Waals surface area contributed by atoms with Gasteiger partial charge in [0.1, 0.15) is 17.3 Å². The quantitative estimate of drug-likeness (QED) is 0.661. The summed E-state index contributed by atoms with van der Waals surface area (Å²) in [4.78, 5) is 16.0. The van der Waals surface area contributed by atoms with E-state index < -0.39 is 52.6 Å². The van der Waals surface area contributed by atoms with Crippen LogP contribution in [-0.4, -0.2) is 50.3 Å². The van der Waals surface area contributed by atoms with Gasteiger partial charge in [0, 0.05) is 11.8 Å². The zero-order valence-electron chi connectivity index (χ0n) is 14.1. The fourth-order valence-corrected chi connectivity index (χ4v) is 4.22. The number of hydrogen-bond acceptors (Lipinski definition) is 4. The van der Waals surface area contributed by atoms with Crippen LogP contribution < -0.4 is 0 Å². The first-order chi connectivity index (χ1) is 12.3. The van der Waals surface area contributed by atoms with Crippen molar-refractivity contribution in [2.24, 2.45) is 4.99 Å². The van der Waals surface area contributed by atoms with Crippen molar-refractivity contribution < 1.29 is 35.3 Å². The van der Waals surface area contributed by atoms with E-state index in [1.54, 1.807) is 0 Å². The van der Waals surface area contributed by atoms with Gasteiger partial charge in [-0.05, 0) is 24.6 Å². The monoisotopic (exact) mass is 432 g/mol. The number of rotatable bonds is 5. The lowest BCUT2D eigenvalue weighted by atomic mass is 10.2. The molecule has 0 spiro atoms. The third-order valence-corrected chi connectivity index (χ3v) is 5.77. The van der Waals surface area contributed by atoms with E-state index in [2.05, 4.69) is 4.99 Å². The van der Waals surface area contributed by atoms with E-state index in [1.165, 1.54) is 6.92 Å². The minimum atomic E-state index is -4.69. The highest BCUT2D eigenvalue weighted by Crippen LogP contribution is 2.31. The molecule has 2 rings (SSSR count). The van der Waals surface area contributed by atoms with Gasteiger partial charge in [0.25, 0.3) is 5.92 Å². The average Bonchev–Trinajstić information content (AvgIpc) is 2.79. The van der Waals surface area contributed by atoms with Gasteiger partial charge in [0.05, 0.1) is 23.1 Å². The van der Waals surface area contributed by atoms with Crippen LogP contribution in [0, 0.1) is 12.7 Å². The van der Waals surface area contributed by atoms with Crippen molar-refractivity contribution in [3.63, 3.8) is 0 Å². The Morgan fingerprint density at radius 3 is 2.44 bits per heavy atom. The fraction of sp³-hybridized carbons (Fsp3) is 0.467. The second-order valence-corrected chi connectivity index (χ2v) is 8.27. The molecule has 1 amide bonds. The third kappa shape index (κ3) is 5.96. The predicted octanol–water partition coefficient (Wildman–Crippen LogP) is 4.02. The van der Waals surface area contributed by atoms with Gasteiger partial charge < -0.3 is 0 Å². The van der Waals surface area contributed by atoms with E-state index in [9.17, 15) is 35.3 Å². The number of amides is 1. The molecule has 1 aromatic rings. The van der Waals surface area contributed by atoms with Crippen molar-refractivity contribution in [1.29, 1.82) is 0 Å². The van der Waals surface area contributed by atoms with E-state index in [0.717, 1.165) is 23.9 Å². The van der Waals surface area contributed by atoms with Gasteiger partial charge in [-0.2, -0.15) is 13.2 Å². The molecule has 0 bridgehead atoms. The maximum Gasteiger partial charge on any atom is 0.400 e. The highest BCUT2D eigenvalue weighted by atomic mass is 32.2. The number of aliphatic imine (C=N–C) groups is 1. The molecule has 0 aromatic heterocycles. The minimum Gasteiger partial charge on any atom is -0.284 e. The van der Waals surface area contributed by atoms with Crippen LogP contribution in [0.4, 0.5) is 32.0 Å². The number of carbonyl (C=O) groups excluding carboxylic acids is 1. The highest BCUT2D eigenvalue weighted by molar-refractivity contribution is 8.15. The lowest BCUT2D eigenvalue weighted by molar-refractivity contribution is -0.127. The maximum atomic E-state index is 14.2. The zero-order chi connectivity index (χ0) is 20.6. The SMILES string of the molecule is Cc1cc(F)c(N=C2SCC(=O)N2CC(C)(F)F)cc1[S@@](=O)CC(F)(F)F. The van der Waals surface area contributed by atoms with Gasteiger partial charge in [0.15, 0.2) is 5.17 Å². The summed E-state index contributed by atoms with van der Waals surface area (Å²) in [6.07, 6.45) is -4.69. The number of nitrogens with zero attached hydrogens (tertiary/aromatic N) is 2. The summed E-state index contributed by atoms with van der Waals surface area (Å²) in [5.74, 6) is -6.58. The van der Waals surface area contributed by atoms with Crippen LogP contribution in [0.2, 0.25) is 0 Å². The van der Waals surface area contributed by atoms with Crippen LogP contribution in [0.5, 0.6) is 0 Å². The molecule has 1 aliphatic heterocycles. The number of amidine groups is 1. The first-order valence-corrected chi connectivity index (χ1v) is 9.72. The Balaban J connectivity index is 2.40. The molecular formula is C15H14F6N2O2S2. The van der Waals surface area contributed by atoms with Crippen molar-refractivity contribution >= 4 is 39.3 Å². The summed E-state index contributed by atoms with van der Waals surface area (Å²) < 4.78 is 90.0. The second kappa shape index (κ2) is 7.82. The number of hydrogen-bond donors (Lipinski definition) is 0. The molecule has 0 radical (unpaired) electrons. The molecule has 1 saturated heterocycles. The number of halogens is 6. The largest absolute Gasteiger partial charge is 0.400 e. The van der Waals surface area contributed by atoms with Crippen molar-refractivity contribution in [1.82, 2.24) is 4.90 Å². The van der Waals surface area contributed by atoms with E-state index in [1.807, 2.05) is 0 Å². The van der Waals surface area contributed by atoms with Crippen molar-refractivity contribution in [3.8, 4) is 0 Å². The molecule has 1 atom stereocenters. The second-order valence-electron chi connectivity index (χ2n) is 5.91. The van der Waals surface area contributed by atoms with Crippen LogP contribution in [0.25, 0.3) is 0 Å². The normalized spacial score (nSPS) is 18.4. The molecule has 27 heavy (non-hydrogen) atoms. The Morgan fingerprint density at radius 2 is 1.89 bits per heavy atom. The van der Waals surface area contributed by atoms with Gasteiger partial charge >= 0.3 is 6.18 Å². The number of aryl methyl sites for hydroxylation is 1. The van der Waals surface area contributed by atoms with Gasteiger partial charge in [0.2, 0.25) is 5.91 Å². The summed E-state index contributed by atoms with van der Waals surface area (Å²) in [7, 11) is -2.49. The van der Waals surface area contributed by atoms with Gasteiger partial charge in [-0.25, -0.2) is 18.2 Å². The first-order valence-electron chi connectivity index (χ1n) is 7.42. The molecule has 1 aromatic carbocycles. The number of alkyl halides is 5. The van der Waals surface area contributed by atoms with Gasteiger partial charge in [-0.3, -0.25) is 13.9 Å². The van der Waals surface area contributed by atoms with Crippen LogP contribution in [0.15, 0.2) is 22.0 Å². The summed E-state index contributed by atoms with van der Waals surface area (Å²) in [6.45, 7) is 0.936. The molecule has 1 heterocycles. The molecule has 0 unspecified atom stereocenters. The van der Waals surface area contributed by atoms with Crippen molar-refractivity contribution in [3.05, 3.63) is 23.5 Å². The minimum absolute atomic E-state index is 0.0335. The van der Waals surface area contributed by atoms with Crippen LogP contribution in [-0.2, 0) is 15.6 Å². The Kier molecular flexibility index (Phi) is 6.30. The summed E-state index contributed by atoms with van der Waals surface area (Å²) in [5.41, 5.74) is -0.445. The van der Waals surface area contributed by atoms with Crippen molar-refractivity contribution in [2.75, 3.05) is 18.1 Å². The van der Waals surface area contributed by atoms with E-state index in [-0.39, 0.29) is 21.4 Å². The predicted molar refractivity (Wildman–Crippen MR) is 90.4 cm³/mol. The topological polar surface area (TPSA) is 49.7 Å². The van der Waals surface area contributed by atoms with E-state index in [4.69, 9.17) is 0 Å². The Labute approximate surface area is 157 Å². The first kappa shape index (κ1) is 21.7. The number of thioether (sulfide) groups is 1. The van der Waals surface area contributed by atoms with Crippen LogP contribution >= 0.6 is 11.8 Å². The van der Waals surface area contributed by atoms with Gasteiger partial charge in [-0.1, -0.05) is 11.8 Å². The molecule has 12 heteroatoms. The Morgan fingerprint density at radius 1 is 1.26 bits per heavy atom. The molecule has 0 aliphatic carbocycles. The maximum absolute atomic E-state index is 14.2. The number of benzene rings is 1. The molecule has 150 valence electrons. The summed E-state index contributed by atoms with van der Waals surface area (Å²) >= 11 is 0.802. The smallest absolute Gasteiger partial charge is 0.284 e. The number of carbonyl (C=O) groups is 1. The molecule has 0 N–H and O–H groups in total. The Hall–Kier alpha value is -1.56. The molecule has 1 aliphatic rings. The standard InChI is InChI=1S/C15H14F6N2O2S2/c1-8-3-9(16)10(4-11(8)27(25)7-15(19,20)21)22-13-23(6-14(2,17)18)12(24)5-26-13/h3-4H,5-7H2,1-2H3/t27-/m0/s1. The molecular weight excluding hydrogens is 418 g/mol. The molecule has 0 saturated carbocycles. The average molecular weight is 432 g/mol. The molecule has 1 fully saturated rings.